The van der Waals surface area contributed by atoms with Gasteiger partial charge >= 0.3 is 90.5 Å². The molecule has 2 aliphatic heterocycles. The molecule has 0 radical (unpaired) electrons. The minimum atomic E-state index is -1.65. The Bertz CT molecular complexity index is 5920. The molecule has 15 saturated carbocycles. The number of ether oxygens (including phenoxy) is 2. The number of aromatic carboxylic acids is 1. The Kier molecular flexibility index (Phi) is 38.4. The number of nitrogens with two attached hydrogens (primary N) is 6. The zero-order valence-electron chi connectivity index (χ0n) is 83.1. The number of anilines is 9. The molecule has 2 saturated heterocycles. The summed E-state index contributed by atoms with van der Waals surface area (Å²) in [6, 6.07) is 19.2. The molecule has 0 spiro atoms. The molecule has 11 heterocycles. The molecule has 0 unspecified atom stereocenters. The van der Waals surface area contributed by atoms with Crippen LogP contribution >= 0.6 is 82.0 Å². The van der Waals surface area contributed by atoms with E-state index in [0.717, 1.165) is 127 Å². The predicted octanol–water partition coefficient (Wildman–Crippen LogP) is 10.6. The molecule has 0 atom stereocenters. The first-order valence-corrected chi connectivity index (χ1v) is 50.9. The topological polar surface area (TPSA) is 568 Å². The molecule has 17 aliphatic rings. The Labute approximate surface area is 922 Å². The number of pyridine rings is 7. The number of hydrogen-bond donors (Lipinski definition) is 12. The van der Waals surface area contributed by atoms with Crippen LogP contribution in [0.1, 0.15) is 232 Å². The summed E-state index contributed by atoms with van der Waals surface area (Å²) in [7, 11) is 5.94. The number of carboxylic acids is 1. The average Bonchev–Trinajstić information content (AvgIpc) is 1.19. The van der Waals surface area contributed by atoms with Gasteiger partial charge in [-0.05, 0) is 306 Å². The van der Waals surface area contributed by atoms with Crippen LogP contribution < -0.4 is 122 Å². The standard InChI is InChI=1S/C22H23N7O2.C12H24B2O4.C12H16BN3O3.C12H14BrN3O.C11H12BrN3O.C10H9ClN4O.C6H5BrN2O2.C5H9N.C4H9O.CH3I.CH4.K/c1-29(22-9-13(10-22)11-22)20(30)16-7-15(12-26-19(16)23)14-3-5-24-18(8-14)27-17-4-6-25-21(28-17)31-2;1-9(2)10(3,4)16-13(15-9)14-17-11(5,6)12(7,8)18-14;1-16(12-3-7(4-12)5-12)11(17)9-2-8(13(18)19)6-15-10(9)14;1-16(12-3-7(4-12)5-12)11(17)9-2-8(13)6-15-10(9)14;12-7-1-8(9(13)14-5-7)10(16)15-11-2-6(3-11)4-11;1-16-10-13-5-3-8(15-10)14-9-6-7(11)2-4-12-9;7-3-1-4(6(10)11)5(8)9-2-3;6-5-1-4(2-5)3-5;1-4(2,3)5;1-2;;/h3-8,12-13H,9-11H2,1-2H3,(H2,23,26)(H,24,25,27,28);1-8H3;2,6-7,18-19H,3-5H2,1H3,(H2,14,15);2,6-7H,3-5H2,1H3,(H2,14,15);1,5-6H,2-4H2,(H2,13,14)(H,15,16);2-6H,1H3,(H,12,13,14,15);1-2H,(H2,8,9)(H,10,11);4H,1-3,6H2;1-3H3;1H3;1H4;/q;;;;;;;;-1;;;+1. The van der Waals surface area contributed by atoms with Gasteiger partial charge in [0.1, 0.15) is 57.9 Å². The number of carbonyl (C=O) groups excluding carboxylic acids is 4. The summed E-state index contributed by atoms with van der Waals surface area (Å²) < 4.78 is 36.0. The average molecular weight is 2320 g/mol. The maximum absolute atomic E-state index is 13.1. The molecule has 9 aromatic rings. The van der Waals surface area contributed by atoms with Crippen LogP contribution in [0.5, 0.6) is 12.0 Å². The molecular formula is C96H128B3Br3ClIKN23O15. The number of nitrogens with one attached hydrogen (secondary N) is 3. The molecule has 4 amide bonds. The summed E-state index contributed by atoms with van der Waals surface area (Å²) in [4.78, 5) is 112. The second-order valence-corrected chi connectivity index (χ2v) is 44.0. The number of nitrogens with zero attached hydrogens (tertiary/aromatic N) is 14. The first-order chi connectivity index (χ1) is 66.0. The summed E-state index contributed by atoms with van der Waals surface area (Å²) in [5.41, 5.74) is 36.1. The van der Waals surface area contributed by atoms with Crippen LogP contribution in [0.2, 0.25) is 5.02 Å². The summed E-state index contributed by atoms with van der Waals surface area (Å²) in [6.45, 7) is 21.1. The fourth-order valence-corrected chi connectivity index (χ4v) is 19.3. The van der Waals surface area contributed by atoms with Crippen molar-refractivity contribution >= 4 is 191 Å². The molecule has 143 heavy (non-hydrogen) atoms. The second kappa shape index (κ2) is 47.1. The largest absolute Gasteiger partial charge is 1.00 e. The van der Waals surface area contributed by atoms with Crippen molar-refractivity contribution in [2.45, 2.75) is 236 Å². The first kappa shape index (κ1) is 117. The van der Waals surface area contributed by atoms with Gasteiger partial charge in [0.2, 0.25) is 0 Å². The molecule has 47 heteroatoms. The van der Waals surface area contributed by atoms with Gasteiger partial charge in [-0.1, -0.05) is 62.4 Å². The maximum atomic E-state index is 13.1. The van der Waals surface area contributed by atoms with Crippen LogP contribution in [0.15, 0.2) is 136 Å². The first-order valence-electron chi connectivity index (χ1n) is 46.0. The molecular weight excluding hydrogens is 2190 g/mol. The van der Waals surface area contributed by atoms with E-state index in [1.807, 2.05) is 96.3 Å². The Hall–Kier alpha value is -8.27. The zero-order chi connectivity index (χ0) is 103. The quantitative estimate of drug-likeness (QED) is 0.0216. The number of alkyl halides is 1. The fourth-order valence-electron chi connectivity index (χ4n) is 18.1. The van der Waals surface area contributed by atoms with E-state index in [1.165, 1.54) is 58.0 Å². The van der Waals surface area contributed by atoms with E-state index < -0.39 is 32.7 Å². The van der Waals surface area contributed by atoms with Crippen molar-refractivity contribution in [1.29, 1.82) is 0 Å². The SMILES string of the molecule is C.CC(C)(C)[O-].CC1(C)OB(B2OC(C)(C)C(C)(C)O2)OC1(C)C.CI.CN(C(=O)c1cc(B(O)O)cnc1N)C12CC(C1)C2.CN(C(=O)c1cc(Br)cnc1N)C12CC(C1)C2.COc1nccc(Nc2cc(-c3cnc(N)c(C(=O)N(C)C45CC(C4)C5)c3)ccn2)n1.COc1nccc(Nc2cc(Cl)ccn2)n1.NC12CC(C1)C2.Nc1ncc(Br)cc1C(=O)NC12CC(C1)C2.Nc1ncc(Br)cc1C(=O)O.[K+]. The molecule has 762 valence electrons. The van der Waals surface area contributed by atoms with Gasteiger partial charge < -0.3 is 113 Å². The number of hydrogen-bond acceptors (Lipinski definition) is 33. The van der Waals surface area contributed by atoms with E-state index in [9.17, 15) is 29.1 Å². The van der Waals surface area contributed by atoms with Crippen LogP contribution in [-0.2, 0) is 18.6 Å². The number of rotatable bonds is 18. The predicted molar refractivity (Wildman–Crippen MR) is 566 cm³/mol. The van der Waals surface area contributed by atoms with Crippen LogP contribution in [0.25, 0.3) is 11.1 Å². The third-order valence-electron chi connectivity index (χ3n) is 28.3. The third kappa shape index (κ3) is 27.8. The van der Waals surface area contributed by atoms with Gasteiger partial charge in [-0.2, -0.15) is 9.97 Å². The summed E-state index contributed by atoms with van der Waals surface area (Å²) in [5.74, 6) is 6.17. The Morgan fingerprint density at radius 1 is 0.476 bits per heavy atom. The van der Waals surface area contributed by atoms with Gasteiger partial charge in [0, 0.05) is 134 Å². The third-order valence-corrected chi connectivity index (χ3v) is 29.8. The number of amides is 4. The zero-order valence-corrected chi connectivity index (χ0v) is 93.9. The van der Waals surface area contributed by atoms with Crippen molar-refractivity contribution < 1.29 is 124 Å². The van der Waals surface area contributed by atoms with Crippen molar-refractivity contribution in [2.75, 3.05) is 79.6 Å². The minimum absolute atomic E-state index is 0. The van der Waals surface area contributed by atoms with Gasteiger partial charge in [0.05, 0.1) is 58.9 Å². The second-order valence-electron chi connectivity index (χ2n) is 40.8. The van der Waals surface area contributed by atoms with E-state index in [0.29, 0.717) is 66.8 Å². The monoisotopic (exact) mass is 2310 g/mol. The van der Waals surface area contributed by atoms with Crippen LogP contribution in [0.4, 0.5) is 52.4 Å². The van der Waals surface area contributed by atoms with Crippen molar-refractivity contribution in [2.24, 2.45) is 35.3 Å². The molecule has 10 bridgehead atoms. The molecule has 0 aromatic carbocycles. The van der Waals surface area contributed by atoms with E-state index in [4.69, 9.17) is 89.2 Å². The maximum Gasteiger partial charge on any atom is 1.00 e. The number of nitrogen functional groups attached to an aromatic ring is 5. The number of aromatic nitrogens is 11. The Morgan fingerprint density at radius 3 is 1.12 bits per heavy atom. The van der Waals surface area contributed by atoms with Crippen molar-refractivity contribution in [3.63, 3.8) is 0 Å². The van der Waals surface area contributed by atoms with Gasteiger partial charge in [-0.15, -0.1) is 5.60 Å². The van der Waals surface area contributed by atoms with E-state index >= 15 is 0 Å². The van der Waals surface area contributed by atoms with Gasteiger partial charge in [-0.3, -0.25) is 19.2 Å². The summed E-state index contributed by atoms with van der Waals surface area (Å²) >= 11 is 17.7. The molecule has 38 nitrogen and oxygen atoms in total. The fraction of sp³-hybridized carbons (Fsp3) is 0.500. The van der Waals surface area contributed by atoms with E-state index in [-0.39, 0.29) is 173 Å². The molecule has 17 fully saturated rings. The summed E-state index contributed by atoms with van der Waals surface area (Å²) in [5, 5.41) is 46.7. The smallest absolute Gasteiger partial charge is 0.850 e. The van der Waals surface area contributed by atoms with Crippen LogP contribution in [0, 0.1) is 29.6 Å². The van der Waals surface area contributed by atoms with Gasteiger partial charge in [0.25, 0.3) is 23.6 Å². The van der Waals surface area contributed by atoms with Gasteiger partial charge in [-0.25, -0.2) is 49.7 Å². The van der Waals surface area contributed by atoms with Crippen molar-refractivity contribution in [1.82, 2.24) is 74.8 Å². The van der Waals surface area contributed by atoms with E-state index in [1.54, 1.807) is 119 Å². The Balaban J connectivity index is 0.000000170. The molecule has 26 rings (SSSR count). The Morgan fingerprint density at radius 2 is 0.790 bits per heavy atom. The van der Waals surface area contributed by atoms with Crippen LogP contribution in [-0.4, -0.2) is 231 Å². The normalized spacial score (nSPS) is 23.9. The van der Waals surface area contributed by atoms with E-state index in [2.05, 4.69) is 141 Å². The van der Waals surface area contributed by atoms with Crippen molar-refractivity contribution in [3.8, 4) is 23.1 Å². The van der Waals surface area contributed by atoms with Crippen LogP contribution in [0.3, 0.4) is 0 Å². The molecule has 9 aromatic heterocycles. The summed E-state index contributed by atoms with van der Waals surface area (Å²) in [6.07, 6.45) is 31.3. The van der Waals surface area contributed by atoms with Crippen molar-refractivity contribution in [3.05, 3.63) is 169 Å². The van der Waals surface area contributed by atoms with Gasteiger partial charge in [0.15, 0.2) is 0 Å². The molecule has 15 aliphatic carbocycles. The molecule has 18 N–H and O–H groups in total. The minimum Gasteiger partial charge on any atom is -0.850 e. The number of methoxy groups -OCH3 is 2. The number of carboxylic acid groups (broad SMARTS) is 1. The number of halogens is 5. The number of carbonyl (C=O) groups is 5.